The van der Waals surface area contributed by atoms with Crippen LogP contribution in [0.15, 0.2) is 42.5 Å². The SMILES string of the molecule is CC(=O)N1c2ccc(C(CN)CNC(C)(C)CO)cc2N(C(=O)Oc2ccc(F)cc2)C[C@@H]1C. The van der Waals surface area contributed by atoms with Crippen molar-refractivity contribution >= 4 is 23.4 Å². The predicted molar refractivity (Wildman–Crippen MR) is 130 cm³/mol. The first kappa shape index (κ1) is 25.6. The van der Waals surface area contributed by atoms with Crippen LogP contribution in [0.3, 0.4) is 0 Å². The Hall–Kier alpha value is -3.01. The zero-order valence-corrected chi connectivity index (χ0v) is 20.0. The molecular weight excluding hydrogens is 439 g/mol. The lowest BCUT2D eigenvalue weighted by Gasteiger charge is -2.40. The first-order chi connectivity index (χ1) is 16.1. The number of halogens is 1. The summed E-state index contributed by atoms with van der Waals surface area (Å²) in [5.41, 5.74) is 7.62. The molecule has 184 valence electrons. The molecule has 2 aromatic carbocycles. The highest BCUT2D eigenvalue weighted by atomic mass is 19.1. The van der Waals surface area contributed by atoms with E-state index in [9.17, 15) is 19.1 Å². The standard InChI is InChI=1S/C25H33FN4O4/c1-16-14-29(24(33)34-21-8-6-20(26)7-9-21)23-11-18(5-10-22(23)30(16)17(2)32)19(12-27)13-28-25(3,4)15-31/h5-11,16,19,28,31H,12-15,27H2,1-4H3/t16-,19?/m0/s1. The van der Waals surface area contributed by atoms with Gasteiger partial charge in [-0.1, -0.05) is 6.07 Å². The van der Waals surface area contributed by atoms with E-state index < -0.39 is 17.4 Å². The number of hydrogen-bond donors (Lipinski definition) is 3. The molecule has 0 bridgehead atoms. The van der Waals surface area contributed by atoms with Crippen molar-refractivity contribution in [1.82, 2.24) is 5.32 Å². The lowest BCUT2D eigenvalue weighted by molar-refractivity contribution is -0.117. The van der Waals surface area contributed by atoms with Crippen molar-refractivity contribution in [3.63, 3.8) is 0 Å². The zero-order chi connectivity index (χ0) is 25.0. The fourth-order valence-corrected chi connectivity index (χ4v) is 4.00. The number of aliphatic hydroxyl groups is 1. The Labute approximate surface area is 199 Å². The number of rotatable bonds is 7. The van der Waals surface area contributed by atoms with E-state index in [-0.39, 0.29) is 36.8 Å². The molecule has 4 N–H and O–H groups in total. The van der Waals surface area contributed by atoms with Crippen LogP contribution in [0.1, 0.15) is 39.2 Å². The van der Waals surface area contributed by atoms with E-state index in [1.54, 1.807) is 4.90 Å². The molecule has 9 heteroatoms. The Morgan fingerprint density at radius 2 is 1.91 bits per heavy atom. The molecule has 0 radical (unpaired) electrons. The van der Waals surface area contributed by atoms with Gasteiger partial charge in [-0.2, -0.15) is 0 Å². The smallest absolute Gasteiger partial charge is 0.410 e. The molecule has 2 amide bonds. The molecule has 0 saturated heterocycles. The summed E-state index contributed by atoms with van der Waals surface area (Å²) < 4.78 is 18.7. The Morgan fingerprint density at radius 3 is 2.50 bits per heavy atom. The number of nitrogens with two attached hydrogens (primary N) is 1. The lowest BCUT2D eigenvalue weighted by Crippen LogP contribution is -2.52. The second kappa shape index (κ2) is 10.5. The van der Waals surface area contributed by atoms with Crippen molar-refractivity contribution in [2.45, 2.75) is 45.2 Å². The van der Waals surface area contributed by atoms with Crippen molar-refractivity contribution in [1.29, 1.82) is 0 Å². The zero-order valence-electron chi connectivity index (χ0n) is 20.0. The molecule has 3 rings (SSSR count). The summed E-state index contributed by atoms with van der Waals surface area (Å²) in [6.45, 7) is 8.22. The van der Waals surface area contributed by atoms with Crippen LogP contribution < -0.4 is 25.6 Å². The topological polar surface area (TPSA) is 108 Å². The number of amides is 2. The van der Waals surface area contributed by atoms with Crippen LogP contribution in [0.5, 0.6) is 5.75 Å². The number of fused-ring (bicyclic) bond motifs is 1. The summed E-state index contributed by atoms with van der Waals surface area (Å²) in [5, 5.41) is 12.8. The quantitative estimate of drug-likeness (QED) is 0.572. The third-order valence-corrected chi connectivity index (χ3v) is 5.99. The van der Waals surface area contributed by atoms with Gasteiger partial charge in [-0.15, -0.1) is 0 Å². The van der Waals surface area contributed by atoms with Crippen LogP contribution in [0.25, 0.3) is 0 Å². The second-order valence-electron chi connectivity index (χ2n) is 9.27. The molecule has 1 aliphatic rings. The van der Waals surface area contributed by atoms with Gasteiger partial charge in [0.25, 0.3) is 0 Å². The highest BCUT2D eigenvalue weighted by molar-refractivity contribution is 6.02. The minimum atomic E-state index is -0.621. The average Bonchev–Trinajstić information content (AvgIpc) is 2.80. The van der Waals surface area contributed by atoms with Gasteiger partial charge in [-0.05, 0) is 62.7 Å². The number of nitrogens with one attached hydrogen (secondary N) is 1. The van der Waals surface area contributed by atoms with Crippen LogP contribution in [-0.2, 0) is 4.79 Å². The number of carbonyl (C=O) groups excluding carboxylic acids is 2. The van der Waals surface area contributed by atoms with E-state index in [0.717, 1.165) is 5.56 Å². The van der Waals surface area contributed by atoms with Gasteiger partial charge in [-0.3, -0.25) is 9.69 Å². The molecule has 0 fully saturated rings. The van der Waals surface area contributed by atoms with Gasteiger partial charge >= 0.3 is 6.09 Å². The van der Waals surface area contributed by atoms with Crippen LogP contribution in [0.2, 0.25) is 0 Å². The molecule has 1 heterocycles. The highest BCUT2D eigenvalue weighted by Gasteiger charge is 2.35. The van der Waals surface area contributed by atoms with Crippen LogP contribution >= 0.6 is 0 Å². The molecule has 1 aliphatic heterocycles. The van der Waals surface area contributed by atoms with Crippen molar-refractivity contribution in [3.8, 4) is 5.75 Å². The molecule has 1 unspecified atom stereocenters. The number of hydrogen-bond acceptors (Lipinski definition) is 6. The molecular formula is C25H33FN4O4. The Bertz CT molecular complexity index is 1030. The average molecular weight is 473 g/mol. The Balaban J connectivity index is 1.95. The molecule has 2 atom stereocenters. The van der Waals surface area contributed by atoms with Gasteiger partial charge in [-0.25, -0.2) is 9.18 Å². The number of aliphatic hydroxyl groups excluding tert-OH is 1. The Morgan fingerprint density at radius 1 is 1.24 bits per heavy atom. The van der Waals surface area contributed by atoms with Crippen molar-refractivity contribution in [3.05, 3.63) is 53.8 Å². The fraction of sp³-hybridized carbons (Fsp3) is 0.440. The molecule has 0 aliphatic carbocycles. The fourth-order valence-electron chi connectivity index (χ4n) is 4.00. The molecule has 8 nitrogen and oxygen atoms in total. The van der Waals surface area contributed by atoms with E-state index in [1.165, 1.54) is 36.1 Å². The minimum Gasteiger partial charge on any atom is -0.410 e. The summed E-state index contributed by atoms with van der Waals surface area (Å²) in [5.74, 6) is -0.420. The van der Waals surface area contributed by atoms with Crippen molar-refractivity contribution in [2.75, 3.05) is 36.0 Å². The van der Waals surface area contributed by atoms with E-state index >= 15 is 0 Å². The summed E-state index contributed by atoms with van der Waals surface area (Å²) in [4.78, 5) is 28.7. The number of nitrogens with zero attached hydrogens (tertiary/aromatic N) is 2. The Kier molecular flexibility index (Phi) is 7.91. The molecule has 34 heavy (non-hydrogen) atoms. The first-order valence-electron chi connectivity index (χ1n) is 11.3. The maximum Gasteiger partial charge on any atom is 0.419 e. The summed E-state index contributed by atoms with van der Waals surface area (Å²) >= 11 is 0. The third-order valence-electron chi connectivity index (χ3n) is 5.99. The number of benzene rings is 2. The van der Waals surface area contributed by atoms with Crippen LogP contribution in [0, 0.1) is 5.82 Å². The van der Waals surface area contributed by atoms with Gasteiger partial charge in [0.1, 0.15) is 11.6 Å². The van der Waals surface area contributed by atoms with Gasteiger partial charge in [0, 0.05) is 38.0 Å². The minimum absolute atomic E-state index is 0.0249. The van der Waals surface area contributed by atoms with Crippen LogP contribution in [-0.4, -0.2) is 54.9 Å². The van der Waals surface area contributed by atoms with Crippen molar-refractivity contribution < 1.29 is 23.8 Å². The number of ether oxygens (including phenoxy) is 1. The summed E-state index contributed by atoms with van der Waals surface area (Å²) in [6, 6.07) is 10.5. The van der Waals surface area contributed by atoms with Crippen LogP contribution in [0.4, 0.5) is 20.6 Å². The van der Waals surface area contributed by atoms with Crippen molar-refractivity contribution in [2.24, 2.45) is 5.73 Å². The number of anilines is 2. The maximum atomic E-state index is 13.2. The lowest BCUT2D eigenvalue weighted by atomic mass is 9.95. The highest BCUT2D eigenvalue weighted by Crippen LogP contribution is 2.38. The summed E-state index contributed by atoms with van der Waals surface area (Å²) in [7, 11) is 0. The molecule has 2 aromatic rings. The summed E-state index contributed by atoms with van der Waals surface area (Å²) in [6.07, 6.45) is -0.621. The number of carbonyl (C=O) groups is 2. The third kappa shape index (κ3) is 5.72. The van der Waals surface area contributed by atoms with Gasteiger partial charge < -0.3 is 25.8 Å². The monoisotopic (exact) mass is 472 g/mol. The molecule has 0 spiro atoms. The second-order valence-corrected chi connectivity index (χ2v) is 9.27. The normalized spacial score (nSPS) is 16.7. The maximum absolute atomic E-state index is 13.2. The van der Waals surface area contributed by atoms with E-state index in [4.69, 9.17) is 10.5 Å². The van der Waals surface area contributed by atoms with E-state index in [1.807, 2.05) is 39.0 Å². The first-order valence-corrected chi connectivity index (χ1v) is 11.3. The van der Waals surface area contributed by atoms with E-state index in [0.29, 0.717) is 24.5 Å². The van der Waals surface area contributed by atoms with E-state index in [2.05, 4.69) is 5.32 Å². The molecule has 0 aromatic heterocycles. The van der Waals surface area contributed by atoms with Gasteiger partial charge in [0.15, 0.2) is 0 Å². The molecule has 0 saturated carbocycles. The largest absolute Gasteiger partial charge is 0.419 e. The van der Waals surface area contributed by atoms with Gasteiger partial charge in [0.05, 0.1) is 24.0 Å². The predicted octanol–water partition coefficient (Wildman–Crippen LogP) is 2.99. The van der Waals surface area contributed by atoms with Gasteiger partial charge in [0.2, 0.25) is 5.91 Å².